The number of imidazole rings is 1. The number of nitrogens with zero attached hydrogens (tertiary/aromatic N) is 9. The van der Waals surface area contributed by atoms with Crippen LogP contribution in [0, 0.1) is 29.9 Å². The molecule has 4 atom stereocenters. The van der Waals surface area contributed by atoms with Crippen LogP contribution in [-0.4, -0.2) is 146 Å². The number of pyridine rings is 1. The number of hydrogen-bond acceptors (Lipinski definition) is 14. The van der Waals surface area contributed by atoms with Gasteiger partial charge in [0, 0.05) is 100 Å². The van der Waals surface area contributed by atoms with E-state index in [2.05, 4.69) is 53.2 Å². The van der Waals surface area contributed by atoms with E-state index in [1.807, 2.05) is 18.2 Å². The SMILES string of the molecule is C#Cc1c(F)ccc2cc(O)cc(-c3ncc4c(N5CC6CCC(C5)N6)nc(OCC5CCCN5C)nc4c3F)c12.Cn1c(=O)n(C2CCC(=O)NC2=O)c2ccc(N3CCC(CN4CCC(O)CC4)CC3)cc21. The molecular formula is C55H63F2N11O6. The highest BCUT2D eigenvalue weighted by atomic mass is 19.1. The highest BCUT2D eigenvalue weighted by Crippen LogP contribution is 2.40. The third kappa shape index (κ3) is 9.64. The third-order valence-corrected chi connectivity index (χ3v) is 16.3. The number of anilines is 2. The molecule has 0 spiro atoms. The number of aromatic hydroxyl groups is 1. The van der Waals surface area contributed by atoms with Crippen molar-refractivity contribution < 1.29 is 33.3 Å². The summed E-state index contributed by atoms with van der Waals surface area (Å²) in [6.07, 6.45) is 16.0. The smallest absolute Gasteiger partial charge is 0.329 e. The monoisotopic (exact) mass is 1010 g/mol. The molecule has 0 aliphatic carbocycles. The van der Waals surface area contributed by atoms with Gasteiger partial charge in [0.15, 0.2) is 5.82 Å². The number of likely N-dealkylation sites (tertiary alicyclic amines) is 2. The summed E-state index contributed by atoms with van der Waals surface area (Å²) in [6, 6.07) is 11.9. The van der Waals surface area contributed by atoms with Gasteiger partial charge in [-0.25, -0.2) is 13.6 Å². The lowest BCUT2D eigenvalue weighted by Crippen LogP contribution is -2.51. The number of phenolic OH excluding ortho intramolecular Hbond substituents is 1. The van der Waals surface area contributed by atoms with Crippen LogP contribution >= 0.6 is 0 Å². The standard InChI is InChI=1S/C31H30F2N6O2.C24H33N5O4/c1-3-22-25(32)9-6-17-11-21(40)12-23(26(17)22)28-27(33)29-24(13-34-28)30(39-14-18-7-8-19(15-39)35-18)37-31(36-29)41-16-20-5-4-10-38(20)2;1-26-21-14-17(28-12-6-16(7-13-28)15-27-10-8-18(30)9-11-27)2-3-19(21)29(24(26)33)20-4-5-22(31)25-23(20)32/h1,6,9,11-13,18-20,35,40H,4-5,7-8,10,14-16H2,2H3;2-3,14,16,18,20,30H,4-13,15H2,1H3,(H,25,31,32). The number of amides is 2. The van der Waals surface area contributed by atoms with E-state index in [0.29, 0.717) is 53.0 Å². The van der Waals surface area contributed by atoms with Crippen molar-refractivity contribution in [2.45, 2.75) is 94.5 Å². The summed E-state index contributed by atoms with van der Waals surface area (Å²) in [5.41, 5.74) is 2.51. The van der Waals surface area contributed by atoms with Crippen LogP contribution in [-0.2, 0) is 16.6 Å². The number of imide groups is 1. The number of ether oxygens (including phenoxy) is 1. The number of hydrogen-bond donors (Lipinski definition) is 4. The van der Waals surface area contributed by atoms with Crippen LogP contribution in [0.15, 0.2) is 53.5 Å². The number of likely N-dealkylation sites (N-methyl/N-ethyl adjacent to an activating group) is 1. The highest BCUT2D eigenvalue weighted by Gasteiger charge is 2.36. The number of piperazine rings is 1. The summed E-state index contributed by atoms with van der Waals surface area (Å²) in [5.74, 6) is 1.50. The van der Waals surface area contributed by atoms with Crippen LogP contribution in [0.25, 0.3) is 44.0 Å². The van der Waals surface area contributed by atoms with Crippen molar-refractivity contribution in [3.8, 4) is 35.4 Å². The average molecular weight is 1010 g/mol. The zero-order valence-electron chi connectivity index (χ0n) is 41.9. The molecule has 2 amide bonds. The lowest BCUT2D eigenvalue weighted by molar-refractivity contribution is -0.135. The van der Waals surface area contributed by atoms with Crippen LogP contribution in [0.1, 0.15) is 75.8 Å². The first-order chi connectivity index (χ1) is 35.8. The molecule has 3 aromatic heterocycles. The maximum Gasteiger partial charge on any atom is 0.329 e. The van der Waals surface area contributed by atoms with Gasteiger partial charge in [0.1, 0.15) is 41.2 Å². The van der Waals surface area contributed by atoms with Crippen molar-refractivity contribution in [3.63, 3.8) is 0 Å². The van der Waals surface area contributed by atoms with Gasteiger partial charge in [-0.15, -0.1) is 6.42 Å². The number of aromatic nitrogens is 5. The molecule has 74 heavy (non-hydrogen) atoms. The summed E-state index contributed by atoms with van der Waals surface area (Å²) in [6.45, 7) is 7.94. The fourth-order valence-corrected chi connectivity index (χ4v) is 12.2. The Bertz CT molecular complexity index is 3240. The molecule has 2 bridgehead atoms. The van der Waals surface area contributed by atoms with Gasteiger partial charge in [-0.05, 0) is 119 Å². The Morgan fingerprint density at radius 2 is 1.64 bits per heavy atom. The molecule has 4 N–H and O–H groups in total. The zero-order chi connectivity index (χ0) is 51.4. The topological polar surface area (TPSA) is 186 Å². The predicted octanol–water partition coefficient (Wildman–Crippen LogP) is 5.21. The second-order valence-electron chi connectivity index (χ2n) is 21.1. The first-order valence-corrected chi connectivity index (χ1v) is 26.1. The molecule has 0 saturated carbocycles. The Morgan fingerprint density at radius 3 is 2.35 bits per heavy atom. The normalized spacial score (nSPS) is 23.1. The van der Waals surface area contributed by atoms with E-state index in [-0.39, 0.29) is 64.3 Å². The summed E-state index contributed by atoms with van der Waals surface area (Å²) in [5, 5.41) is 27.4. The Morgan fingerprint density at radius 1 is 0.865 bits per heavy atom. The van der Waals surface area contributed by atoms with Crippen molar-refractivity contribution in [3.05, 3.63) is 76.3 Å². The predicted molar refractivity (Wildman–Crippen MR) is 278 cm³/mol. The molecule has 6 saturated heterocycles. The maximum absolute atomic E-state index is 16.6. The number of carbonyl (C=O) groups is 2. The van der Waals surface area contributed by atoms with Crippen LogP contribution in [0.3, 0.4) is 0 Å². The maximum atomic E-state index is 16.6. The van der Waals surface area contributed by atoms with Crippen molar-refractivity contribution >= 4 is 56.0 Å². The second-order valence-corrected chi connectivity index (χ2v) is 21.1. The number of aliphatic hydroxyl groups is 1. The Balaban J connectivity index is 0.000000163. The summed E-state index contributed by atoms with van der Waals surface area (Å²) < 4.78 is 40.5. The Labute approximate surface area is 427 Å². The molecule has 388 valence electrons. The Kier molecular flexibility index (Phi) is 13.7. The molecule has 6 aromatic rings. The van der Waals surface area contributed by atoms with Gasteiger partial charge in [0.05, 0.1) is 28.1 Å². The van der Waals surface area contributed by atoms with Crippen LogP contribution < -0.4 is 30.9 Å². The molecule has 0 radical (unpaired) electrons. The average Bonchev–Trinajstić information content (AvgIpc) is 4.05. The quantitative estimate of drug-likeness (QED) is 0.109. The molecular weight excluding hydrogens is 949 g/mol. The minimum absolute atomic E-state index is 0.0248. The number of terminal acetylenes is 1. The van der Waals surface area contributed by atoms with Crippen LogP contribution in [0.2, 0.25) is 0 Å². The number of benzene rings is 3. The highest BCUT2D eigenvalue weighted by molar-refractivity contribution is 6.03. The number of phenols is 1. The first kappa shape index (κ1) is 49.5. The molecule has 3 aromatic carbocycles. The number of piperidine rings is 3. The minimum Gasteiger partial charge on any atom is -0.508 e. The van der Waals surface area contributed by atoms with E-state index in [0.717, 1.165) is 120 Å². The molecule has 6 aliphatic heterocycles. The number of aryl methyl sites for hydroxylation is 1. The third-order valence-electron chi connectivity index (χ3n) is 16.3. The van der Waals surface area contributed by atoms with E-state index in [1.165, 1.54) is 28.8 Å². The van der Waals surface area contributed by atoms with E-state index in [4.69, 9.17) is 16.1 Å². The molecule has 6 fully saturated rings. The van der Waals surface area contributed by atoms with Gasteiger partial charge < -0.3 is 39.9 Å². The number of carbonyl (C=O) groups excluding carboxylic acids is 2. The van der Waals surface area contributed by atoms with E-state index in [1.54, 1.807) is 17.8 Å². The molecule has 12 rings (SSSR count). The molecule has 17 nitrogen and oxygen atoms in total. The van der Waals surface area contributed by atoms with E-state index >= 15 is 4.39 Å². The molecule has 6 aliphatic rings. The summed E-state index contributed by atoms with van der Waals surface area (Å²) >= 11 is 0. The van der Waals surface area contributed by atoms with Gasteiger partial charge >= 0.3 is 11.7 Å². The number of rotatable bonds is 9. The first-order valence-electron chi connectivity index (χ1n) is 26.1. The fraction of sp³-hybridized carbons (Fsp3) is 0.491. The lowest BCUT2D eigenvalue weighted by atomic mass is 9.94. The van der Waals surface area contributed by atoms with Gasteiger partial charge in [-0.1, -0.05) is 12.0 Å². The van der Waals surface area contributed by atoms with Crippen molar-refractivity contribution in [2.24, 2.45) is 13.0 Å². The van der Waals surface area contributed by atoms with Gasteiger partial charge in [-0.3, -0.25) is 29.0 Å². The van der Waals surface area contributed by atoms with Crippen molar-refractivity contribution in [2.75, 3.05) is 75.8 Å². The van der Waals surface area contributed by atoms with Crippen molar-refractivity contribution in [1.82, 2.24) is 44.5 Å². The van der Waals surface area contributed by atoms with Crippen molar-refractivity contribution in [1.29, 1.82) is 0 Å². The molecule has 4 unspecified atom stereocenters. The second kappa shape index (κ2) is 20.5. The van der Waals surface area contributed by atoms with E-state index < -0.39 is 23.6 Å². The number of aliphatic hydroxyl groups excluding tert-OH is 1. The number of nitrogens with one attached hydrogen (secondary N) is 2. The number of fused-ring (bicyclic) bond motifs is 5. The van der Waals surface area contributed by atoms with Crippen LogP contribution in [0.4, 0.5) is 20.3 Å². The zero-order valence-corrected chi connectivity index (χ0v) is 41.9. The van der Waals surface area contributed by atoms with Gasteiger partial charge in [-0.2, -0.15) is 9.97 Å². The lowest BCUT2D eigenvalue weighted by Gasteiger charge is -2.37. The molecule has 9 heterocycles. The largest absolute Gasteiger partial charge is 0.508 e. The summed E-state index contributed by atoms with van der Waals surface area (Å²) in [7, 11) is 3.80. The summed E-state index contributed by atoms with van der Waals surface area (Å²) in [4.78, 5) is 60.0. The van der Waals surface area contributed by atoms with E-state index in [9.17, 15) is 29.0 Å². The van der Waals surface area contributed by atoms with Gasteiger partial charge in [0.25, 0.3) is 0 Å². The van der Waals surface area contributed by atoms with Crippen LogP contribution in [0.5, 0.6) is 11.8 Å². The molecule has 19 heteroatoms. The minimum atomic E-state index is -0.716. The Hall–Kier alpha value is -6.72. The number of halogens is 2. The fourth-order valence-electron chi connectivity index (χ4n) is 12.2. The van der Waals surface area contributed by atoms with Gasteiger partial charge in [0.2, 0.25) is 11.8 Å².